The molecule has 2 atom stereocenters. The molecule has 1 aromatic rings. The lowest BCUT2D eigenvalue weighted by molar-refractivity contribution is 0.409. The first-order chi connectivity index (χ1) is 7.65. The molecule has 0 aliphatic carbocycles. The van der Waals surface area contributed by atoms with E-state index in [4.69, 9.17) is 0 Å². The summed E-state index contributed by atoms with van der Waals surface area (Å²) in [6, 6.07) is 5.77. The van der Waals surface area contributed by atoms with Gasteiger partial charge in [0.1, 0.15) is 0 Å². The van der Waals surface area contributed by atoms with Gasteiger partial charge in [0.15, 0.2) is 0 Å². The quantitative estimate of drug-likeness (QED) is 0.753. The van der Waals surface area contributed by atoms with Crippen molar-refractivity contribution in [3.8, 4) is 0 Å². The molecule has 0 saturated heterocycles. The zero-order chi connectivity index (χ0) is 12.0. The van der Waals surface area contributed by atoms with Crippen molar-refractivity contribution >= 4 is 11.3 Å². The van der Waals surface area contributed by atoms with Crippen molar-refractivity contribution in [1.29, 1.82) is 0 Å². The predicted octanol–water partition coefficient (Wildman–Crippen LogP) is 4.16. The first-order valence-electron chi connectivity index (χ1n) is 6.47. The summed E-state index contributed by atoms with van der Waals surface area (Å²) in [7, 11) is 0. The number of rotatable bonds is 7. The SMILES string of the molecule is CCCC(CC)NC(C)Cc1ccc(C)s1. The van der Waals surface area contributed by atoms with Crippen LogP contribution >= 0.6 is 11.3 Å². The lowest BCUT2D eigenvalue weighted by atomic mass is 10.1. The van der Waals surface area contributed by atoms with Crippen LogP contribution < -0.4 is 5.32 Å². The van der Waals surface area contributed by atoms with Crippen molar-refractivity contribution in [3.05, 3.63) is 21.9 Å². The molecule has 0 fully saturated rings. The second-order valence-corrected chi connectivity index (χ2v) is 6.05. The van der Waals surface area contributed by atoms with Crippen LogP contribution in [0.5, 0.6) is 0 Å². The van der Waals surface area contributed by atoms with Crippen LogP contribution in [0.4, 0.5) is 0 Å². The smallest absolute Gasteiger partial charge is 0.00896 e. The molecule has 0 aliphatic heterocycles. The Bertz CT molecular complexity index is 293. The summed E-state index contributed by atoms with van der Waals surface area (Å²) in [4.78, 5) is 2.92. The maximum atomic E-state index is 3.73. The summed E-state index contributed by atoms with van der Waals surface area (Å²) in [5.41, 5.74) is 0. The molecule has 1 heterocycles. The van der Waals surface area contributed by atoms with E-state index in [2.05, 4.69) is 45.1 Å². The van der Waals surface area contributed by atoms with Gasteiger partial charge in [0.25, 0.3) is 0 Å². The summed E-state index contributed by atoms with van der Waals surface area (Å²) in [6.45, 7) is 9.01. The Labute approximate surface area is 104 Å². The minimum absolute atomic E-state index is 0.592. The van der Waals surface area contributed by atoms with Crippen molar-refractivity contribution in [2.45, 2.75) is 65.5 Å². The minimum Gasteiger partial charge on any atom is -0.311 e. The first-order valence-corrected chi connectivity index (χ1v) is 7.28. The molecule has 0 bridgehead atoms. The van der Waals surface area contributed by atoms with Gasteiger partial charge in [-0.25, -0.2) is 0 Å². The second kappa shape index (κ2) is 7.08. The van der Waals surface area contributed by atoms with E-state index in [-0.39, 0.29) is 0 Å². The lowest BCUT2D eigenvalue weighted by Crippen LogP contribution is -2.37. The maximum absolute atomic E-state index is 3.73. The van der Waals surface area contributed by atoms with Gasteiger partial charge in [0.2, 0.25) is 0 Å². The molecule has 2 unspecified atom stereocenters. The van der Waals surface area contributed by atoms with Crippen LogP contribution in [0.25, 0.3) is 0 Å². The monoisotopic (exact) mass is 239 g/mol. The Balaban J connectivity index is 2.37. The number of thiophene rings is 1. The number of aryl methyl sites for hydroxylation is 1. The molecule has 0 amide bonds. The Morgan fingerprint density at radius 1 is 1.31 bits per heavy atom. The number of hydrogen-bond acceptors (Lipinski definition) is 2. The molecule has 1 N–H and O–H groups in total. The van der Waals surface area contributed by atoms with Gasteiger partial charge in [0.05, 0.1) is 0 Å². The maximum Gasteiger partial charge on any atom is 0.00896 e. The third-order valence-electron chi connectivity index (χ3n) is 2.95. The Kier molecular flexibility index (Phi) is 6.07. The van der Waals surface area contributed by atoms with Gasteiger partial charge in [-0.2, -0.15) is 0 Å². The van der Waals surface area contributed by atoms with E-state index < -0.39 is 0 Å². The van der Waals surface area contributed by atoms with E-state index >= 15 is 0 Å². The van der Waals surface area contributed by atoms with Gasteiger partial charge in [0, 0.05) is 21.8 Å². The van der Waals surface area contributed by atoms with E-state index in [1.165, 1.54) is 35.4 Å². The molecule has 1 nitrogen and oxygen atoms in total. The molecule has 0 aromatic carbocycles. The van der Waals surface area contributed by atoms with Crippen molar-refractivity contribution in [2.75, 3.05) is 0 Å². The fraction of sp³-hybridized carbons (Fsp3) is 0.714. The Morgan fingerprint density at radius 2 is 2.06 bits per heavy atom. The minimum atomic E-state index is 0.592. The van der Waals surface area contributed by atoms with Crippen LogP contribution in [0.3, 0.4) is 0 Å². The van der Waals surface area contributed by atoms with Crippen LogP contribution in [0.15, 0.2) is 12.1 Å². The normalized spacial score (nSPS) is 15.0. The van der Waals surface area contributed by atoms with Gasteiger partial charge in [-0.05, 0) is 45.2 Å². The van der Waals surface area contributed by atoms with Gasteiger partial charge in [-0.1, -0.05) is 20.3 Å². The average Bonchev–Trinajstić information content (AvgIpc) is 2.63. The third kappa shape index (κ3) is 4.67. The molecular weight excluding hydrogens is 214 g/mol. The molecule has 1 rings (SSSR count). The molecule has 16 heavy (non-hydrogen) atoms. The van der Waals surface area contributed by atoms with Gasteiger partial charge in [-0.3, -0.25) is 0 Å². The topological polar surface area (TPSA) is 12.0 Å². The summed E-state index contributed by atoms with van der Waals surface area (Å²) >= 11 is 1.92. The van der Waals surface area contributed by atoms with E-state index in [0.717, 1.165) is 0 Å². The lowest BCUT2D eigenvalue weighted by Gasteiger charge is -2.21. The van der Waals surface area contributed by atoms with Crippen LogP contribution in [0, 0.1) is 6.92 Å². The molecule has 1 aromatic heterocycles. The van der Waals surface area contributed by atoms with E-state index in [9.17, 15) is 0 Å². The summed E-state index contributed by atoms with van der Waals surface area (Å²) in [5.74, 6) is 0. The highest BCUT2D eigenvalue weighted by molar-refractivity contribution is 7.11. The highest BCUT2D eigenvalue weighted by Crippen LogP contribution is 2.17. The third-order valence-corrected chi connectivity index (χ3v) is 3.98. The van der Waals surface area contributed by atoms with E-state index in [1.807, 2.05) is 11.3 Å². The standard InChI is InChI=1S/C14H25NS/c1-5-7-13(6-2)15-11(3)10-14-9-8-12(4)16-14/h8-9,11,13,15H,5-7,10H2,1-4H3. The summed E-state index contributed by atoms with van der Waals surface area (Å²) in [5, 5.41) is 3.73. The van der Waals surface area contributed by atoms with Crippen LogP contribution in [-0.4, -0.2) is 12.1 Å². The van der Waals surface area contributed by atoms with Crippen LogP contribution in [-0.2, 0) is 6.42 Å². The first kappa shape index (κ1) is 13.7. The zero-order valence-electron chi connectivity index (χ0n) is 11.0. The predicted molar refractivity (Wildman–Crippen MR) is 74.3 cm³/mol. The molecular formula is C14H25NS. The Hall–Kier alpha value is -0.340. The second-order valence-electron chi connectivity index (χ2n) is 4.68. The highest BCUT2D eigenvalue weighted by Gasteiger charge is 2.10. The van der Waals surface area contributed by atoms with Crippen LogP contribution in [0.1, 0.15) is 49.8 Å². The van der Waals surface area contributed by atoms with Gasteiger partial charge < -0.3 is 5.32 Å². The summed E-state index contributed by atoms with van der Waals surface area (Å²) < 4.78 is 0. The summed E-state index contributed by atoms with van der Waals surface area (Å²) in [6.07, 6.45) is 4.97. The fourth-order valence-electron chi connectivity index (χ4n) is 2.11. The highest BCUT2D eigenvalue weighted by atomic mass is 32.1. The van der Waals surface area contributed by atoms with Gasteiger partial charge in [-0.15, -0.1) is 11.3 Å². The van der Waals surface area contributed by atoms with E-state index in [0.29, 0.717) is 12.1 Å². The van der Waals surface area contributed by atoms with E-state index in [1.54, 1.807) is 0 Å². The van der Waals surface area contributed by atoms with Crippen molar-refractivity contribution < 1.29 is 0 Å². The van der Waals surface area contributed by atoms with Crippen molar-refractivity contribution in [3.63, 3.8) is 0 Å². The number of hydrogen-bond donors (Lipinski definition) is 1. The molecule has 0 saturated carbocycles. The molecule has 92 valence electrons. The molecule has 0 spiro atoms. The van der Waals surface area contributed by atoms with Gasteiger partial charge >= 0.3 is 0 Å². The fourth-order valence-corrected chi connectivity index (χ4v) is 3.13. The van der Waals surface area contributed by atoms with Crippen molar-refractivity contribution in [1.82, 2.24) is 5.32 Å². The zero-order valence-corrected chi connectivity index (χ0v) is 11.9. The Morgan fingerprint density at radius 3 is 2.56 bits per heavy atom. The van der Waals surface area contributed by atoms with Crippen molar-refractivity contribution in [2.24, 2.45) is 0 Å². The molecule has 2 heteroatoms. The largest absolute Gasteiger partial charge is 0.311 e. The molecule has 0 aliphatic rings. The van der Waals surface area contributed by atoms with Crippen LogP contribution in [0.2, 0.25) is 0 Å². The number of nitrogens with one attached hydrogen (secondary N) is 1. The molecule has 0 radical (unpaired) electrons. The average molecular weight is 239 g/mol.